The van der Waals surface area contributed by atoms with E-state index in [9.17, 15) is 0 Å². The van der Waals surface area contributed by atoms with Crippen molar-refractivity contribution in [1.82, 2.24) is 9.80 Å². The van der Waals surface area contributed by atoms with E-state index in [-0.39, 0.29) is 0 Å². The van der Waals surface area contributed by atoms with Gasteiger partial charge in [-0.3, -0.25) is 0 Å². The van der Waals surface area contributed by atoms with Gasteiger partial charge in [0, 0.05) is 35.5 Å². The molecule has 0 N–H and O–H groups in total. The molecule has 3 fully saturated rings. The molecular weight excluding hydrogens is 244 g/mol. The maximum atomic E-state index is 5.67. The Labute approximate surface area is 113 Å². The van der Waals surface area contributed by atoms with E-state index in [2.05, 4.69) is 40.9 Å². The molecule has 1 atom stereocenters. The van der Waals surface area contributed by atoms with Crippen molar-refractivity contribution in [3.63, 3.8) is 0 Å². The van der Waals surface area contributed by atoms with Crippen molar-refractivity contribution >= 4 is 12.6 Å². The number of piperidine rings is 3. The Morgan fingerprint density at radius 1 is 1.28 bits per heavy atom. The fourth-order valence-electron chi connectivity index (χ4n) is 3.55. The molecule has 5 heterocycles. The quantitative estimate of drug-likeness (QED) is 0.728. The second-order valence-corrected chi connectivity index (χ2v) is 6.15. The van der Waals surface area contributed by atoms with E-state index >= 15 is 0 Å². The van der Waals surface area contributed by atoms with Gasteiger partial charge in [-0.15, -0.1) is 12.6 Å². The molecular formula is C14H18N2OS. The highest BCUT2D eigenvalue weighted by Crippen LogP contribution is 2.36. The first-order valence-electron chi connectivity index (χ1n) is 6.76. The fourth-order valence-corrected chi connectivity index (χ4v) is 3.80. The van der Waals surface area contributed by atoms with Gasteiger partial charge in [0.1, 0.15) is 12.4 Å². The normalized spacial score (nSPS) is 37.7. The summed E-state index contributed by atoms with van der Waals surface area (Å²) in [5, 5.41) is 0. The molecule has 0 spiro atoms. The lowest BCUT2D eigenvalue weighted by Crippen LogP contribution is -2.55. The summed E-state index contributed by atoms with van der Waals surface area (Å²) in [6.07, 6.45) is 9.22. The number of hydrogen-bond acceptors (Lipinski definition) is 4. The molecule has 3 saturated heterocycles. The smallest absolute Gasteiger partial charge is 0.144 e. The minimum absolute atomic E-state index is 0.628. The summed E-state index contributed by atoms with van der Waals surface area (Å²) < 4.78 is 5.67. The molecule has 96 valence electrons. The zero-order valence-electron chi connectivity index (χ0n) is 10.4. The molecule has 0 aromatic heterocycles. The van der Waals surface area contributed by atoms with Crippen molar-refractivity contribution in [3.05, 3.63) is 34.7 Å². The van der Waals surface area contributed by atoms with Crippen molar-refractivity contribution in [2.45, 2.75) is 18.9 Å². The fraction of sp³-hybridized carbons (Fsp3) is 0.571. The zero-order valence-corrected chi connectivity index (χ0v) is 11.3. The van der Waals surface area contributed by atoms with Gasteiger partial charge in [-0.2, -0.15) is 0 Å². The lowest BCUT2D eigenvalue weighted by atomic mass is 9.83. The first kappa shape index (κ1) is 11.0. The third-order valence-electron chi connectivity index (χ3n) is 4.63. The Kier molecular flexibility index (Phi) is 2.49. The van der Waals surface area contributed by atoms with E-state index in [0.29, 0.717) is 12.6 Å². The Bertz CT molecular complexity index is 460. The van der Waals surface area contributed by atoms with E-state index in [4.69, 9.17) is 4.74 Å². The van der Waals surface area contributed by atoms with E-state index in [0.717, 1.165) is 22.2 Å². The number of rotatable bonds is 1. The SMILES string of the molecule is SC1=C2C=CN([C@H]3CN4CCC3CC4)C=C2OC1. The summed E-state index contributed by atoms with van der Waals surface area (Å²) in [5.41, 5.74) is 1.16. The standard InChI is InChI=1S/C14H18N2OS/c18-14-9-17-13-8-16(6-3-11(13)14)12-7-15-4-1-10(12)2-5-15/h3,6,8,10,12,18H,1-2,4-5,7,9H2/t12-/m0/s1. The molecule has 0 aromatic rings. The van der Waals surface area contributed by atoms with Crippen molar-refractivity contribution in [2.24, 2.45) is 5.92 Å². The lowest BCUT2D eigenvalue weighted by molar-refractivity contribution is 0.0399. The van der Waals surface area contributed by atoms with Gasteiger partial charge in [-0.25, -0.2) is 0 Å². The van der Waals surface area contributed by atoms with Gasteiger partial charge in [-0.05, 0) is 37.9 Å². The summed E-state index contributed by atoms with van der Waals surface area (Å²) in [6, 6.07) is 0.630. The van der Waals surface area contributed by atoms with Crippen molar-refractivity contribution < 1.29 is 4.74 Å². The van der Waals surface area contributed by atoms with Gasteiger partial charge in [0.05, 0.1) is 0 Å². The average molecular weight is 262 g/mol. The Morgan fingerprint density at radius 3 is 2.83 bits per heavy atom. The van der Waals surface area contributed by atoms with Crippen LogP contribution in [0.15, 0.2) is 34.7 Å². The van der Waals surface area contributed by atoms with Crippen LogP contribution in [0.4, 0.5) is 0 Å². The third-order valence-corrected chi connectivity index (χ3v) is 5.00. The minimum atomic E-state index is 0.628. The van der Waals surface area contributed by atoms with Crippen LogP contribution in [0.1, 0.15) is 12.8 Å². The van der Waals surface area contributed by atoms with Gasteiger partial charge >= 0.3 is 0 Å². The molecule has 5 aliphatic rings. The predicted octanol–water partition coefficient (Wildman–Crippen LogP) is 1.97. The highest BCUT2D eigenvalue weighted by molar-refractivity contribution is 7.84. The van der Waals surface area contributed by atoms with Gasteiger partial charge in [-0.1, -0.05) is 0 Å². The molecule has 0 radical (unpaired) electrons. The van der Waals surface area contributed by atoms with E-state index < -0.39 is 0 Å². The first-order valence-corrected chi connectivity index (χ1v) is 7.21. The number of fused-ring (bicyclic) bond motifs is 4. The molecule has 0 aromatic carbocycles. The Morgan fingerprint density at radius 2 is 2.11 bits per heavy atom. The maximum Gasteiger partial charge on any atom is 0.144 e. The van der Waals surface area contributed by atoms with Gasteiger partial charge in [0.2, 0.25) is 0 Å². The predicted molar refractivity (Wildman–Crippen MR) is 74.0 cm³/mol. The number of thiol groups is 1. The topological polar surface area (TPSA) is 15.7 Å². The molecule has 0 unspecified atom stereocenters. The molecule has 0 saturated carbocycles. The second kappa shape index (κ2) is 4.07. The minimum Gasteiger partial charge on any atom is -0.486 e. The van der Waals surface area contributed by atoms with E-state index in [1.54, 1.807) is 0 Å². The summed E-state index contributed by atoms with van der Waals surface area (Å²) in [5.74, 6) is 1.85. The van der Waals surface area contributed by atoms with Crippen LogP contribution >= 0.6 is 12.6 Å². The monoisotopic (exact) mass is 262 g/mol. The van der Waals surface area contributed by atoms with Gasteiger partial charge < -0.3 is 14.5 Å². The lowest BCUT2D eigenvalue weighted by Gasteiger charge is -2.48. The molecule has 5 rings (SSSR count). The van der Waals surface area contributed by atoms with E-state index in [1.807, 2.05) is 0 Å². The largest absolute Gasteiger partial charge is 0.486 e. The Balaban J connectivity index is 1.59. The van der Waals surface area contributed by atoms with Crippen LogP contribution in [0.5, 0.6) is 0 Å². The maximum absolute atomic E-state index is 5.67. The van der Waals surface area contributed by atoms with Crippen LogP contribution in [0.25, 0.3) is 0 Å². The highest BCUT2D eigenvalue weighted by atomic mass is 32.1. The van der Waals surface area contributed by atoms with Gasteiger partial charge in [0.15, 0.2) is 0 Å². The van der Waals surface area contributed by atoms with Crippen LogP contribution in [-0.2, 0) is 4.74 Å². The van der Waals surface area contributed by atoms with Crippen LogP contribution in [-0.4, -0.2) is 42.1 Å². The third kappa shape index (κ3) is 1.62. The summed E-state index contributed by atoms with van der Waals surface area (Å²) in [7, 11) is 0. The number of nitrogens with zero attached hydrogens (tertiary/aromatic N) is 2. The van der Waals surface area contributed by atoms with Gasteiger partial charge in [0.25, 0.3) is 0 Å². The molecule has 3 nitrogen and oxygen atoms in total. The molecule has 5 aliphatic heterocycles. The van der Waals surface area contributed by atoms with Crippen LogP contribution < -0.4 is 0 Å². The first-order chi connectivity index (χ1) is 8.81. The number of hydrogen-bond donors (Lipinski definition) is 1. The second-order valence-electron chi connectivity index (χ2n) is 5.61. The number of allylic oxidation sites excluding steroid dienone is 1. The van der Waals surface area contributed by atoms with Crippen molar-refractivity contribution in [2.75, 3.05) is 26.2 Å². The Hall–Kier alpha value is -0.870. The molecule has 0 aliphatic carbocycles. The summed E-state index contributed by atoms with van der Waals surface area (Å²) >= 11 is 4.45. The van der Waals surface area contributed by atoms with E-state index in [1.165, 1.54) is 32.5 Å². The summed E-state index contributed by atoms with van der Waals surface area (Å²) in [4.78, 5) is 5.99. The molecule has 18 heavy (non-hydrogen) atoms. The van der Waals surface area contributed by atoms with Crippen molar-refractivity contribution in [1.29, 1.82) is 0 Å². The zero-order chi connectivity index (χ0) is 12.1. The molecule has 2 bridgehead atoms. The number of ether oxygens (including phenoxy) is 1. The molecule has 0 amide bonds. The van der Waals surface area contributed by atoms with Crippen LogP contribution in [0.2, 0.25) is 0 Å². The average Bonchev–Trinajstić information content (AvgIpc) is 2.81. The highest BCUT2D eigenvalue weighted by Gasteiger charge is 2.37. The van der Waals surface area contributed by atoms with Crippen molar-refractivity contribution in [3.8, 4) is 0 Å². The molecule has 4 heteroatoms. The summed E-state index contributed by atoms with van der Waals surface area (Å²) in [6.45, 7) is 4.41. The van der Waals surface area contributed by atoms with Crippen LogP contribution in [0, 0.1) is 5.92 Å². The van der Waals surface area contributed by atoms with Crippen LogP contribution in [0.3, 0.4) is 0 Å².